The van der Waals surface area contributed by atoms with Crippen LogP contribution in [-0.2, 0) is 4.18 Å². The topological polar surface area (TPSA) is 49.7 Å². The van der Waals surface area contributed by atoms with Crippen molar-refractivity contribution in [3.8, 4) is 0 Å². The summed E-state index contributed by atoms with van der Waals surface area (Å²) >= 11 is 0. The summed E-state index contributed by atoms with van der Waals surface area (Å²) in [6.07, 6.45) is 0. The second-order valence-corrected chi connectivity index (χ2v) is 2.95. The van der Waals surface area contributed by atoms with Crippen LogP contribution in [0.1, 0.15) is 0 Å². The van der Waals surface area contributed by atoms with E-state index in [-0.39, 0.29) is 0 Å². The van der Waals surface area contributed by atoms with Gasteiger partial charge in [-0.15, -0.1) is 0 Å². The van der Waals surface area contributed by atoms with Crippen LogP contribution in [0.2, 0.25) is 0 Å². The van der Waals surface area contributed by atoms with E-state index in [9.17, 15) is 22.0 Å². The van der Waals surface area contributed by atoms with Crippen LogP contribution < -0.4 is 0 Å². The Morgan fingerprint density at radius 1 is 1.18 bits per heavy atom. The summed E-state index contributed by atoms with van der Waals surface area (Å²) in [4.78, 5) is 0. The second-order valence-electron chi connectivity index (χ2n) is 1.30. The third-order valence-corrected chi connectivity index (χ3v) is 1.53. The van der Waals surface area contributed by atoms with Gasteiger partial charge >= 0.3 is 12.1 Å². The Morgan fingerprint density at radius 3 is 1.64 bits per heavy atom. The van der Waals surface area contributed by atoms with Crippen molar-refractivity contribution in [2.75, 3.05) is 0 Å². The standard InChI is InChI=1S/C2H3F5O3S/c3-1(4)10-11(8,9)2(5,6)7/h1,8-9H. The fourth-order valence-corrected chi connectivity index (χ4v) is 0.468. The van der Waals surface area contributed by atoms with Gasteiger partial charge in [0.25, 0.3) is 0 Å². The van der Waals surface area contributed by atoms with Crippen LogP contribution in [0.3, 0.4) is 0 Å². The highest BCUT2D eigenvalue weighted by Crippen LogP contribution is 2.57. The van der Waals surface area contributed by atoms with Crippen LogP contribution >= 0.6 is 10.9 Å². The Kier molecular flexibility index (Phi) is 3.06. The molecule has 0 aliphatic heterocycles. The Morgan fingerprint density at radius 2 is 1.55 bits per heavy atom. The lowest BCUT2D eigenvalue weighted by atomic mass is 11.5. The lowest BCUT2D eigenvalue weighted by Crippen LogP contribution is -2.23. The molecule has 0 saturated heterocycles. The summed E-state index contributed by atoms with van der Waals surface area (Å²) in [5.74, 6) is 0. The summed E-state index contributed by atoms with van der Waals surface area (Å²) in [5.41, 5.74) is -5.58. The molecule has 0 spiro atoms. The maximum Gasteiger partial charge on any atom is 0.494 e. The molecule has 0 radical (unpaired) electrons. The van der Waals surface area contributed by atoms with E-state index in [1.165, 1.54) is 0 Å². The first kappa shape index (κ1) is 10.9. The maximum absolute atomic E-state index is 11.3. The monoisotopic (exact) mass is 202 g/mol. The van der Waals surface area contributed by atoms with E-state index in [1.54, 1.807) is 0 Å². The molecule has 0 atom stereocenters. The Bertz CT molecular complexity index is 132. The number of hydrogen-bond acceptors (Lipinski definition) is 3. The molecule has 70 valence electrons. The predicted octanol–water partition coefficient (Wildman–Crippen LogP) is 2.41. The first-order valence-corrected chi connectivity index (χ1v) is 3.45. The first-order chi connectivity index (χ1) is 4.67. The van der Waals surface area contributed by atoms with Gasteiger partial charge in [-0.3, -0.25) is 0 Å². The van der Waals surface area contributed by atoms with Gasteiger partial charge in [-0.1, -0.05) is 0 Å². The van der Waals surface area contributed by atoms with Crippen molar-refractivity contribution in [3.05, 3.63) is 0 Å². The summed E-state index contributed by atoms with van der Waals surface area (Å²) in [5, 5.41) is 0. The molecule has 0 bridgehead atoms. The summed E-state index contributed by atoms with van der Waals surface area (Å²) < 4.78 is 74.1. The van der Waals surface area contributed by atoms with Crippen molar-refractivity contribution in [3.63, 3.8) is 0 Å². The molecule has 0 amide bonds. The van der Waals surface area contributed by atoms with Crippen molar-refractivity contribution in [2.45, 2.75) is 12.1 Å². The van der Waals surface area contributed by atoms with Crippen molar-refractivity contribution < 1.29 is 35.2 Å². The highest BCUT2D eigenvalue weighted by atomic mass is 32.3. The van der Waals surface area contributed by atoms with Gasteiger partial charge in [-0.2, -0.15) is 22.0 Å². The zero-order chi connectivity index (χ0) is 9.28. The summed E-state index contributed by atoms with van der Waals surface area (Å²) in [6.45, 7) is -3.87. The van der Waals surface area contributed by atoms with Gasteiger partial charge in [0, 0.05) is 0 Å². The largest absolute Gasteiger partial charge is 0.494 e. The molecule has 0 saturated carbocycles. The van der Waals surface area contributed by atoms with Gasteiger partial charge in [0.05, 0.1) is 0 Å². The normalized spacial score (nSPS) is 15.6. The van der Waals surface area contributed by atoms with Crippen LogP contribution in [0.5, 0.6) is 0 Å². The highest BCUT2D eigenvalue weighted by Gasteiger charge is 2.52. The molecule has 0 aliphatic carbocycles. The van der Waals surface area contributed by atoms with Crippen molar-refractivity contribution in [1.82, 2.24) is 0 Å². The summed E-state index contributed by atoms with van der Waals surface area (Å²) in [6, 6.07) is 0. The fraction of sp³-hybridized carbons (Fsp3) is 1.00. The van der Waals surface area contributed by atoms with E-state index < -0.39 is 23.0 Å². The van der Waals surface area contributed by atoms with Crippen LogP contribution in [0, 0.1) is 0 Å². The molecular formula is C2H3F5O3S. The van der Waals surface area contributed by atoms with E-state index >= 15 is 0 Å². The van der Waals surface area contributed by atoms with Crippen LogP contribution in [-0.4, -0.2) is 21.2 Å². The van der Waals surface area contributed by atoms with Crippen LogP contribution in [0.25, 0.3) is 0 Å². The Hall–Kier alpha value is -0.120. The smallest absolute Gasteiger partial charge is 0.301 e. The molecule has 2 N–H and O–H groups in total. The van der Waals surface area contributed by atoms with Gasteiger partial charge < -0.3 is 9.11 Å². The zero-order valence-electron chi connectivity index (χ0n) is 4.68. The predicted molar refractivity (Wildman–Crippen MR) is 26.0 cm³/mol. The van der Waals surface area contributed by atoms with Crippen molar-refractivity contribution in [2.24, 2.45) is 0 Å². The maximum atomic E-state index is 11.3. The van der Waals surface area contributed by atoms with Gasteiger partial charge in [0.2, 0.25) is 0 Å². The van der Waals surface area contributed by atoms with E-state index in [0.29, 0.717) is 0 Å². The number of alkyl halides is 5. The van der Waals surface area contributed by atoms with Crippen LogP contribution in [0.4, 0.5) is 22.0 Å². The molecule has 0 unspecified atom stereocenters. The first-order valence-electron chi connectivity index (χ1n) is 1.98. The van der Waals surface area contributed by atoms with E-state index in [1.807, 2.05) is 0 Å². The van der Waals surface area contributed by atoms with Gasteiger partial charge in [-0.05, 0) is 0 Å². The average Bonchev–Trinajstić information content (AvgIpc) is 1.56. The molecule has 0 rings (SSSR count). The SMILES string of the molecule is OS(O)(OC(F)F)C(F)(F)F. The molecule has 9 heteroatoms. The zero-order valence-corrected chi connectivity index (χ0v) is 5.49. The average molecular weight is 202 g/mol. The van der Waals surface area contributed by atoms with E-state index in [2.05, 4.69) is 4.18 Å². The fourth-order valence-electron chi connectivity index (χ4n) is 0.156. The van der Waals surface area contributed by atoms with Crippen molar-refractivity contribution >= 4 is 10.9 Å². The molecule has 0 aromatic carbocycles. The summed E-state index contributed by atoms with van der Waals surface area (Å²) in [7, 11) is -5.65. The minimum absolute atomic E-state index is 2.54. The highest BCUT2D eigenvalue weighted by molar-refractivity contribution is 8.20. The minimum Gasteiger partial charge on any atom is -0.301 e. The molecule has 0 aromatic heterocycles. The van der Waals surface area contributed by atoms with E-state index in [4.69, 9.17) is 9.11 Å². The lowest BCUT2D eigenvalue weighted by molar-refractivity contribution is -0.106. The molecular weight excluding hydrogens is 199 g/mol. The van der Waals surface area contributed by atoms with Crippen molar-refractivity contribution in [1.29, 1.82) is 0 Å². The third kappa shape index (κ3) is 3.18. The van der Waals surface area contributed by atoms with Gasteiger partial charge in [-0.25, -0.2) is 4.18 Å². The lowest BCUT2D eigenvalue weighted by Gasteiger charge is -2.26. The van der Waals surface area contributed by atoms with Gasteiger partial charge in [0.1, 0.15) is 0 Å². The Labute approximate surface area is 59.3 Å². The minimum atomic E-state index is -5.65. The number of hydrogen-bond donors (Lipinski definition) is 2. The molecule has 3 nitrogen and oxygen atoms in total. The quantitative estimate of drug-likeness (QED) is 0.676. The number of rotatable bonds is 2. The molecule has 0 heterocycles. The Balaban J connectivity index is 4.22. The molecule has 0 fully saturated rings. The number of halogens is 5. The van der Waals surface area contributed by atoms with E-state index in [0.717, 1.165) is 0 Å². The third-order valence-electron chi connectivity index (χ3n) is 0.508. The molecule has 0 aliphatic rings. The molecule has 11 heavy (non-hydrogen) atoms. The molecule has 0 aromatic rings. The second kappa shape index (κ2) is 3.09. The van der Waals surface area contributed by atoms with Crippen LogP contribution in [0.15, 0.2) is 0 Å². The van der Waals surface area contributed by atoms with Gasteiger partial charge in [0.15, 0.2) is 10.9 Å².